The van der Waals surface area contributed by atoms with Crippen molar-refractivity contribution >= 4 is 17.6 Å². The third kappa shape index (κ3) is 4.23. The van der Waals surface area contributed by atoms with Crippen molar-refractivity contribution in [2.24, 2.45) is 11.8 Å². The van der Waals surface area contributed by atoms with Crippen LogP contribution in [0.2, 0.25) is 0 Å². The fourth-order valence-corrected chi connectivity index (χ4v) is 1.71. The average molecular weight is 298 g/mol. The van der Waals surface area contributed by atoms with E-state index in [2.05, 4.69) is 5.32 Å². The summed E-state index contributed by atoms with van der Waals surface area (Å²) >= 11 is 0. The van der Waals surface area contributed by atoms with Crippen LogP contribution in [0.25, 0.3) is 0 Å². The topological polar surface area (TPSA) is 110 Å². The van der Waals surface area contributed by atoms with Gasteiger partial charge in [-0.2, -0.15) is 0 Å². The summed E-state index contributed by atoms with van der Waals surface area (Å²) in [5.41, 5.74) is -0.905. The molecule has 1 unspecified atom stereocenters. The van der Waals surface area contributed by atoms with Crippen LogP contribution < -0.4 is 5.32 Å². The molecule has 0 spiro atoms. The fourth-order valence-electron chi connectivity index (χ4n) is 1.71. The average Bonchev–Trinajstić information content (AvgIpc) is 2.37. The molecule has 0 aliphatic carbocycles. The van der Waals surface area contributed by atoms with Gasteiger partial charge in [0.25, 0.3) is 11.6 Å². The third-order valence-corrected chi connectivity index (χ3v) is 3.01. The van der Waals surface area contributed by atoms with Crippen LogP contribution in [0, 0.1) is 27.8 Å². The van der Waals surface area contributed by atoms with E-state index in [1.165, 1.54) is 0 Å². The number of rotatable bonds is 6. The Morgan fingerprint density at radius 1 is 1.43 bits per heavy atom. The molecule has 0 saturated heterocycles. The Bertz CT molecular complexity index is 574. The van der Waals surface area contributed by atoms with Crippen molar-refractivity contribution in [1.29, 1.82) is 0 Å². The van der Waals surface area contributed by atoms with Crippen LogP contribution in [0.4, 0.5) is 10.1 Å². The lowest BCUT2D eigenvalue weighted by Crippen LogP contribution is -2.35. The molecule has 0 aromatic heterocycles. The van der Waals surface area contributed by atoms with Gasteiger partial charge in [-0.15, -0.1) is 0 Å². The first kappa shape index (κ1) is 16.5. The third-order valence-electron chi connectivity index (χ3n) is 3.01. The number of nitro groups is 1. The molecule has 0 bridgehead atoms. The second-order valence-electron chi connectivity index (χ2n) is 4.82. The van der Waals surface area contributed by atoms with Gasteiger partial charge in [0, 0.05) is 18.7 Å². The van der Waals surface area contributed by atoms with Crippen LogP contribution in [0.5, 0.6) is 0 Å². The number of non-ortho nitro benzene ring substituents is 1. The second-order valence-corrected chi connectivity index (χ2v) is 4.82. The smallest absolute Gasteiger partial charge is 0.308 e. The molecular weight excluding hydrogens is 283 g/mol. The van der Waals surface area contributed by atoms with Gasteiger partial charge in [0.15, 0.2) is 0 Å². The van der Waals surface area contributed by atoms with Gasteiger partial charge in [-0.25, -0.2) is 4.39 Å². The SMILES string of the molecule is CC(C)C(CNC(=O)c1cc([N+](=O)[O-])ccc1F)C(=O)O. The minimum absolute atomic E-state index is 0.187. The molecule has 21 heavy (non-hydrogen) atoms. The number of hydrogen-bond acceptors (Lipinski definition) is 4. The van der Waals surface area contributed by atoms with E-state index in [1.807, 2.05) is 0 Å². The van der Waals surface area contributed by atoms with Gasteiger partial charge in [-0.05, 0) is 12.0 Å². The number of nitrogens with zero attached hydrogens (tertiary/aromatic N) is 1. The number of carbonyl (C=O) groups is 2. The molecule has 114 valence electrons. The van der Waals surface area contributed by atoms with Crippen LogP contribution in [0.3, 0.4) is 0 Å². The Morgan fingerprint density at radius 2 is 2.05 bits per heavy atom. The highest BCUT2D eigenvalue weighted by Crippen LogP contribution is 2.17. The van der Waals surface area contributed by atoms with Gasteiger partial charge in [0.2, 0.25) is 0 Å². The van der Waals surface area contributed by atoms with Crippen molar-refractivity contribution in [2.45, 2.75) is 13.8 Å². The van der Waals surface area contributed by atoms with E-state index in [9.17, 15) is 24.1 Å². The van der Waals surface area contributed by atoms with E-state index < -0.39 is 39.8 Å². The van der Waals surface area contributed by atoms with Crippen molar-refractivity contribution in [3.63, 3.8) is 0 Å². The van der Waals surface area contributed by atoms with Gasteiger partial charge < -0.3 is 10.4 Å². The summed E-state index contributed by atoms with van der Waals surface area (Å²) in [6.45, 7) is 3.17. The molecular formula is C13H15FN2O5. The summed E-state index contributed by atoms with van der Waals surface area (Å²) in [6, 6.07) is 2.58. The summed E-state index contributed by atoms with van der Waals surface area (Å²) < 4.78 is 13.5. The zero-order valence-electron chi connectivity index (χ0n) is 11.5. The number of halogens is 1. The standard InChI is InChI=1S/C13H15FN2O5/c1-7(2)10(13(18)19)6-15-12(17)9-5-8(16(20)21)3-4-11(9)14/h3-5,7,10H,6H2,1-2H3,(H,15,17)(H,18,19). The van der Waals surface area contributed by atoms with E-state index in [-0.39, 0.29) is 12.5 Å². The molecule has 2 N–H and O–H groups in total. The van der Waals surface area contributed by atoms with E-state index in [1.54, 1.807) is 13.8 Å². The van der Waals surface area contributed by atoms with Crippen molar-refractivity contribution in [3.05, 3.63) is 39.7 Å². The molecule has 1 amide bonds. The maximum atomic E-state index is 13.5. The van der Waals surface area contributed by atoms with Crippen LogP contribution in [0.1, 0.15) is 24.2 Å². The van der Waals surface area contributed by atoms with Gasteiger partial charge in [-0.3, -0.25) is 19.7 Å². The number of carboxylic acid groups (broad SMARTS) is 1. The molecule has 0 aliphatic rings. The minimum atomic E-state index is -1.08. The summed E-state index contributed by atoms with van der Waals surface area (Å²) in [7, 11) is 0. The molecule has 0 heterocycles. The number of nitrogens with one attached hydrogen (secondary N) is 1. The highest BCUT2D eigenvalue weighted by atomic mass is 19.1. The molecule has 1 atom stereocenters. The summed E-state index contributed by atoms with van der Waals surface area (Å²) in [5, 5.41) is 21.9. The zero-order chi connectivity index (χ0) is 16.2. The second kappa shape index (κ2) is 6.78. The lowest BCUT2D eigenvalue weighted by Gasteiger charge is -2.16. The Hall–Kier alpha value is -2.51. The first-order chi connectivity index (χ1) is 9.73. The van der Waals surface area contributed by atoms with E-state index in [0.717, 1.165) is 18.2 Å². The number of nitro benzene ring substituents is 1. The van der Waals surface area contributed by atoms with Crippen molar-refractivity contribution in [1.82, 2.24) is 5.32 Å². The maximum Gasteiger partial charge on any atom is 0.308 e. The van der Waals surface area contributed by atoms with Crippen molar-refractivity contribution in [2.75, 3.05) is 6.54 Å². The van der Waals surface area contributed by atoms with Crippen molar-refractivity contribution in [3.8, 4) is 0 Å². The number of hydrogen-bond donors (Lipinski definition) is 2. The molecule has 1 aromatic rings. The van der Waals surface area contributed by atoms with Crippen LogP contribution in [-0.4, -0.2) is 28.5 Å². The van der Waals surface area contributed by atoms with Crippen LogP contribution in [0.15, 0.2) is 18.2 Å². The fraction of sp³-hybridized carbons (Fsp3) is 0.385. The largest absolute Gasteiger partial charge is 0.481 e. The Balaban J connectivity index is 2.87. The number of carbonyl (C=O) groups excluding carboxylic acids is 1. The van der Waals surface area contributed by atoms with Gasteiger partial charge in [0.05, 0.1) is 16.4 Å². The van der Waals surface area contributed by atoms with Crippen LogP contribution in [-0.2, 0) is 4.79 Å². The predicted molar refractivity (Wildman–Crippen MR) is 71.4 cm³/mol. The van der Waals surface area contributed by atoms with Crippen molar-refractivity contribution < 1.29 is 24.0 Å². The summed E-state index contributed by atoms with van der Waals surface area (Å²) in [6.07, 6.45) is 0. The molecule has 0 aliphatic heterocycles. The zero-order valence-corrected chi connectivity index (χ0v) is 11.5. The maximum absolute atomic E-state index is 13.5. The molecule has 8 heteroatoms. The highest BCUT2D eigenvalue weighted by Gasteiger charge is 2.23. The molecule has 1 rings (SSSR count). The summed E-state index contributed by atoms with van der Waals surface area (Å²) in [5.74, 6) is -3.92. The first-order valence-corrected chi connectivity index (χ1v) is 6.19. The first-order valence-electron chi connectivity index (χ1n) is 6.19. The molecule has 0 radical (unpaired) electrons. The summed E-state index contributed by atoms with van der Waals surface area (Å²) in [4.78, 5) is 32.7. The molecule has 0 saturated carbocycles. The lowest BCUT2D eigenvalue weighted by molar-refractivity contribution is -0.384. The van der Waals surface area contributed by atoms with E-state index in [0.29, 0.717) is 0 Å². The lowest BCUT2D eigenvalue weighted by atomic mass is 9.96. The highest BCUT2D eigenvalue weighted by molar-refractivity contribution is 5.95. The van der Waals surface area contributed by atoms with Gasteiger partial charge in [-0.1, -0.05) is 13.8 Å². The predicted octanol–water partition coefficient (Wildman–Crippen LogP) is 1.82. The Morgan fingerprint density at radius 3 is 2.52 bits per heavy atom. The number of benzene rings is 1. The van der Waals surface area contributed by atoms with E-state index >= 15 is 0 Å². The number of amides is 1. The molecule has 1 aromatic carbocycles. The number of aliphatic carboxylic acids is 1. The monoisotopic (exact) mass is 298 g/mol. The van der Waals surface area contributed by atoms with Gasteiger partial charge >= 0.3 is 5.97 Å². The number of carboxylic acids is 1. The Kier molecular flexibility index (Phi) is 5.34. The Labute approximate surface area is 119 Å². The van der Waals surface area contributed by atoms with Gasteiger partial charge in [0.1, 0.15) is 5.82 Å². The normalized spacial score (nSPS) is 12.0. The van der Waals surface area contributed by atoms with Crippen LogP contribution >= 0.6 is 0 Å². The molecule has 0 fully saturated rings. The molecule has 7 nitrogen and oxygen atoms in total. The quantitative estimate of drug-likeness (QED) is 0.615. The minimum Gasteiger partial charge on any atom is -0.481 e. The van der Waals surface area contributed by atoms with E-state index in [4.69, 9.17) is 5.11 Å².